The van der Waals surface area contributed by atoms with Crippen molar-refractivity contribution in [3.63, 3.8) is 0 Å². The van der Waals surface area contributed by atoms with Crippen LogP contribution in [0.3, 0.4) is 0 Å². The number of benzene rings is 7. The zero-order chi connectivity index (χ0) is 50.2. The van der Waals surface area contributed by atoms with Gasteiger partial charge in [0.2, 0.25) is 0 Å². The average Bonchev–Trinajstić information content (AvgIpc) is 3.71. The summed E-state index contributed by atoms with van der Waals surface area (Å²) in [6, 6.07) is 42.6. The van der Waals surface area contributed by atoms with Crippen LogP contribution in [-0.2, 0) is 10.8 Å². The van der Waals surface area contributed by atoms with Crippen molar-refractivity contribution < 1.29 is 13.3 Å². The number of phenolic OH excluding ortho intramolecular Hbond substituents is 1. The Labute approximate surface area is 387 Å². The van der Waals surface area contributed by atoms with E-state index in [1.54, 1.807) is 19.9 Å². The van der Waals surface area contributed by atoms with E-state index < -0.39 is 29.4 Å². The lowest BCUT2D eigenvalue weighted by molar-refractivity contribution is 0.446. The van der Waals surface area contributed by atoms with E-state index in [4.69, 9.17) is 15.5 Å². The maximum atomic E-state index is 12.6. The quantitative estimate of drug-likeness (QED) is 0.166. The van der Waals surface area contributed by atoms with Crippen LogP contribution in [0.2, 0.25) is 0 Å². The second-order valence-electron chi connectivity index (χ2n) is 19.1. The molecule has 0 saturated carbocycles. The molecule has 9 aromatic rings. The van der Waals surface area contributed by atoms with E-state index in [1.807, 2.05) is 71.4 Å². The molecule has 318 valence electrons. The Morgan fingerprint density at radius 1 is 0.594 bits per heavy atom. The number of nitrogens with zero attached hydrogens (tertiary/aromatic N) is 3. The Morgan fingerprint density at radius 3 is 2.00 bits per heavy atom. The highest BCUT2D eigenvalue weighted by atomic mass is 16.3. The fourth-order valence-corrected chi connectivity index (χ4v) is 8.44. The molecule has 1 N–H and O–H groups in total. The molecule has 4 heteroatoms. The van der Waals surface area contributed by atoms with Gasteiger partial charge in [0.1, 0.15) is 11.6 Å². The predicted molar refractivity (Wildman–Crippen MR) is 269 cm³/mol. The number of hydrogen-bond donors (Lipinski definition) is 1. The summed E-state index contributed by atoms with van der Waals surface area (Å²) in [5.74, 6) is -0.639. The van der Waals surface area contributed by atoms with Crippen molar-refractivity contribution in [2.75, 3.05) is 0 Å². The molecule has 2 aromatic heterocycles. The number of hydrogen-bond acceptors (Lipinski definition) is 3. The van der Waals surface area contributed by atoms with Crippen molar-refractivity contribution in [2.24, 2.45) is 0 Å². The number of fused-ring (bicyclic) bond motifs is 1. The van der Waals surface area contributed by atoms with Gasteiger partial charge >= 0.3 is 0 Å². The second kappa shape index (κ2) is 16.6. The SMILES string of the molecule is [2H]c1c([2H])c([2H])c(-c2cc(C([2H])(C)C)ccc2-n2c(-c3cc(C(C)(C)C)cc(C(C)(C)C)c3O)nc3c(-c4cc(-c5ccccc5)cc(-c5cc(-c6ccc(C)cc6)ccn5)c4)cccc32)c([2H])c1[2H]. The number of imidazole rings is 1. The number of aromatic nitrogens is 3. The Kier molecular flexibility index (Phi) is 9.18. The molecule has 7 aromatic carbocycles. The van der Waals surface area contributed by atoms with Crippen molar-refractivity contribution >= 4 is 11.0 Å². The third-order valence-electron chi connectivity index (χ3n) is 12.1. The standard InChI is InChI=1S/C60H57N3O/c1-38(2)43-27-28-54(50(34-43)42-19-14-11-15-20-42)63-55-22-16-21-49(56(55)62-58(63)51-36-48(59(4,5)6)37-52(57(51)64)60(7,8)9)46-31-45(40-17-12-10-13-18-40)32-47(33-46)53-35-44(29-30-61-53)41-25-23-39(3)24-26-41/h10-38,64H,1-9H3/i11D,14D,15D,19D,20D,38D. The van der Waals surface area contributed by atoms with Gasteiger partial charge in [-0.3, -0.25) is 9.55 Å². The van der Waals surface area contributed by atoms with E-state index in [0.29, 0.717) is 39.2 Å². The average molecular weight is 842 g/mol. The molecule has 9 rings (SSSR count). The summed E-state index contributed by atoms with van der Waals surface area (Å²) >= 11 is 0. The molecular formula is C60H57N3O. The Balaban J connectivity index is 1.40. The van der Waals surface area contributed by atoms with E-state index in [0.717, 1.165) is 55.8 Å². The van der Waals surface area contributed by atoms with E-state index in [1.165, 1.54) is 5.56 Å². The molecule has 0 fully saturated rings. The number of aryl methyl sites for hydroxylation is 1. The smallest absolute Gasteiger partial charge is 0.149 e. The maximum Gasteiger partial charge on any atom is 0.149 e. The molecule has 0 amide bonds. The van der Waals surface area contributed by atoms with Gasteiger partial charge in [0, 0.05) is 29.8 Å². The van der Waals surface area contributed by atoms with Gasteiger partial charge in [-0.2, -0.15) is 0 Å². The normalized spacial score (nSPS) is 13.5. The third-order valence-corrected chi connectivity index (χ3v) is 12.1. The van der Waals surface area contributed by atoms with Crippen molar-refractivity contribution in [1.82, 2.24) is 14.5 Å². The maximum absolute atomic E-state index is 12.6. The molecule has 64 heavy (non-hydrogen) atoms. The van der Waals surface area contributed by atoms with E-state index in [-0.39, 0.29) is 28.8 Å². The van der Waals surface area contributed by atoms with Crippen LogP contribution in [0.25, 0.3) is 83.9 Å². The van der Waals surface area contributed by atoms with Crippen LogP contribution < -0.4 is 0 Å². The Bertz CT molecular complexity index is 3480. The molecule has 0 unspecified atom stereocenters. The summed E-state index contributed by atoms with van der Waals surface area (Å²) in [6.07, 6.45) is 1.85. The van der Waals surface area contributed by atoms with Gasteiger partial charge in [0.15, 0.2) is 0 Å². The fourth-order valence-electron chi connectivity index (χ4n) is 8.44. The molecule has 0 bridgehead atoms. The van der Waals surface area contributed by atoms with E-state index in [2.05, 4.69) is 115 Å². The first-order valence-electron chi connectivity index (χ1n) is 24.9. The fraction of sp³-hybridized carbons (Fsp3) is 0.200. The minimum absolute atomic E-state index is 0.000305. The first kappa shape index (κ1) is 35.4. The van der Waals surface area contributed by atoms with Crippen LogP contribution in [0.1, 0.15) is 91.8 Å². The van der Waals surface area contributed by atoms with E-state index >= 15 is 0 Å². The molecule has 2 heterocycles. The number of phenols is 1. The van der Waals surface area contributed by atoms with Crippen molar-refractivity contribution in [3.8, 4) is 78.6 Å². The molecule has 0 saturated heterocycles. The minimum atomic E-state index is -1.11. The largest absolute Gasteiger partial charge is 0.507 e. The second-order valence-corrected chi connectivity index (χ2v) is 19.1. The summed E-state index contributed by atoms with van der Waals surface area (Å²) in [4.78, 5) is 10.5. The van der Waals surface area contributed by atoms with Crippen LogP contribution >= 0.6 is 0 Å². The summed E-state index contributed by atoms with van der Waals surface area (Å²) < 4.78 is 55.5. The molecule has 0 aliphatic carbocycles. The molecule has 0 aliphatic rings. The zero-order valence-electron chi connectivity index (χ0n) is 44.1. The van der Waals surface area contributed by atoms with Crippen LogP contribution in [-0.4, -0.2) is 19.6 Å². The number of para-hydroxylation sites is 1. The highest BCUT2D eigenvalue weighted by Gasteiger charge is 2.29. The van der Waals surface area contributed by atoms with Gasteiger partial charge in [-0.25, -0.2) is 4.98 Å². The molecule has 0 atom stereocenters. The molecule has 0 aliphatic heterocycles. The van der Waals surface area contributed by atoms with Gasteiger partial charge in [0.25, 0.3) is 0 Å². The monoisotopic (exact) mass is 841 g/mol. The first-order valence-corrected chi connectivity index (χ1v) is 21.9. The van der Waals surface area contributed by atoms with Gasteiger partial charge in [-0.15, -0.1) is 0 Å². The lowest BCUT2D eigenvalue weighted by atomic mass is 9.79. The van der Waals surface area contributed by atoms with Gasteiger partial charge in [0.05, 0.1) is 34.8 Å². The molecule has 4 nitrogen and oxygen atoms in total. The highest BCUT2D eigenvalue weighted by molar-refractivity contribution is 5.98. The van der Waals surface area contributed by atoms with Gasteiger partial charge in [-0.05, 0) is 123 Å². The van der Waals surface area contributed by atoms with Crippen molar-refractivity contribution in [1.29, 1.82) is 0 Å². The molecule has 0 radical (unpaired) electrons. The Hall–Kier alpha value is -7.04. The molecule has 0 spiro atoms. The predicted octanol–water partition coefficient (Wildman–Crippen LogP) is 16.2. The topological polar surface area (TPSA) is 50.9 Å². The molecular weight excluding hydrogens is 779 g/mol. The Morgan fingerprint density at radius 2 is 1.30 bits per heavy atom. The number of rotatable bonds is 8. The van der Waals surface area contributed by atoms with Crippen LogP contribution in [0.5, 0.6) is 5.75 Å². The van der Waals surface area contributed by atoms with E-state index in [9.17, 15) is 7.85 Å². The van der Waals surface area contributed by atoms with Crippen LogP contribution in [0.4, 0.5) is 0 Å². The van der Waals surface area contributed by atoms with Crippen LogP contribution in [0.15, 0.2) is 170 Å². The van der Waals surface area contributed by atoms with Gasteiger partial charge in [-0.1, -0.05) is 170 Å². The lowest BCUT2D eigenvalue weighted by Gasteiger charge is -2.27. The summed E-state index contributed by atoms with van der Waals surface area (Å²) in [7, 11) is 0. The number of aromatic hydroxyl groups is 1. The zero-order valence-corrected chi connectivity index (χ0v) is 38.1. The summed E-state index contributed by atoms with van der Waals surface area (Å²) in [5.41, 5.74) is 12.8. The van der Waals surface area contributed by atoms with Crippen molar-refractivity contribution in [2.45, 2.75) is 79.0 Å². The summed E-state index contributed by atoms with van der Waals surface area (Å²) in [5, 5.41) is 12.6. The lowest BCUT2D eigenvalue weighted by Crippen LogP contribution is -2.17. The van der Waals surface area contributed by atoms with Crippen molar-refractivity contribution in [3.05, 3.63) is 192 Å². The van der Waals surface area contributed by atoms with Gasteiger partial charge < -0.3 is 5.11 Å². The number of pyridine rings is 1. The third kappa shape index (κ3) is 8.17. The minimum Gasteiger partial charge on any atom is -0.507 e. The van der Waals surface area contributed by atoms with Crippen LogP contribution in [0, 0.1) is 6.92 Å². The first-order chi connectivity index (χ1) is 33.0. The highest BCUT2D eigenvalue weighted by Crippen LogP contribution is 2.46. The summed E-state index contributed by atoms with van der Waals surface area (Å²) in [6.45, 7) is 18.2.